The van der Waals surface area contributed by atoms with Crippen LogP contribution in [0.25, 0.3) is 0 Å². The zero-order valence-electron chi connectivity index (χ0n) is 10.5. The number of amides is 1. The van der Waals surface area contributed by atoms with Crippen LogP contribution < -0.4 is 5.32 Å². The number of carbonyl (C=O) groups is 1. The molecule has 2 aromatic rings. The first kappa shape index (κ1) is 13.4. The Kier molecular flexibility index (Phi) is 4.07. The summed E-state index contributed by atoms with van der Waals surface area (Å²) in [5, 5.41) is 12.9. The van der Waals surface area contributed by atoms with Crippen molar-refractivity contribution in [3.63, 3.8) is 0 Å². The molecule has 3 nitrogen and oxygen atoms in total. The predicted octanol–water partition coefficient (Wildman–Crippen LogP) is 3.54. The van der Waals surface area contributed by atoms with Gasteiger partial charge in [-0.05, 0) is 30.2 Å². The molecule has 0 fully saturated rings. The number of aromatic hydroxyl groups is 1. The highest BCUT2D eigenvalue weighted by Crippen LogP contribution is 2.29. The van der Waals surface area contributed by atoms with Gasteiger partial charge in [0.05, 0.1) is 12.1 Å². The highest BCUT2D eigenvalue weighted by Gasteiger charge is 2.09. The van der Waals surface area contributed by atoms with E-state index in [0.29, 0.717) is 10.7 Å². The first-order valence-corrected chi connectivity index (χ1v) is 6.27. The molecule has 0 aliphatic heterocycles. The van der Waals surface area contributed by atoms with Crippen LogP contribution in [0.2, 0.25) is 5.02 Å². The fourth-order valence-electron chi connectivity index (χ4n) is 1.74. The maximum absolute atomic E-state index is 11.9. The lowest BCUT2D eigenvalue weighted by Crippen LogP contribution is -2.14. The third-order valence-electron chi connectivity index (χ3n) is 2.76. The largest absolute Gasteiger partial charge is 0.506 e. The zero-order valence-corrected chi connectivity index (χ0v) is 11.2. The normalized spacial score (nSPS) is 10.2. The number of aryl methyl sites for hydroxylation is 1. The number of nitrogens with one attached hydrogen (secondary N) is 1. The van der Waals surface area contributed by atoms with Gasteiger partial charge in [0.2, 0.25) is 5.91 Å². The predicted molar refractivity (Wildman–Crippen MR) is 76.6 cm³/mol. The van der Waals surface area contributed by atoms with Crippen LogP contribution in [0.5, 0.6) is 5.75 Å². The summed E-state index contributed by atoms with van der Waals surface area (Å²) in [4.78, 5) is 11.9. The summed E-state index contributed by atoms with van der Waals surface area (Å²) in [6.07, 6.45) is 0.256. The molecule has 0 bridgehead atoms. The standard InChI is InChI=1S/C15H14ClNO2/c1-10-7-14(18)13(9-12(10)16)17-15(19)8-11-5-3-2-4-6-11/h2-7,9,18H,8H2,1H3,(H,17,19). The van der Waals surface area contributed by atoms with E-state index in [4.69, 9.17) is 11.6 Å². The van der Waals surface area contributed by atoms with Gasteiger partial charge in [-0.3, -0.25) is 4.79 Å². The van der Waals surface area contributed by atoms with Crippen molar-refractivity contribution in [2.24, 2.45) is 0 Å². The highest BCUT2D eigenvalue weighted by atomic mass is 35.5. The number of phenols is 1. The molecule has 2 aromatic carbocycles. The Hall–Kier alpha value is -2.00. The number of halogens is 1. The van der Waals surface area contributed by atoms with Crippen molar-refractivity contribution in [2.45, 2.75) is 13.3 Å². The Morgan fingerprint density at radius 2 is 1.95 bits per heavy atom. The van der Waals surface area contributed by atoms with Gasteiger partial charge in [0.1, 0.15) is 5.75 Å². The van der Waals surface area contributed by atoms with Gasteiger partial charge in [-0.15, -0.1) is 0 Å². The summed E-state index contributed by atoms with van der Waals surface area (Å²) in [7, 11) is 0. The average Bonchev–Trinajstić information content (AvgIpc) is 2.37. The molecule has 0 saturated heterocycles. The van der Waals surface area contributed by atoms with Crippen molar-refractivity contribution < 1.29 is 9.90 Å². The van der Waals surface area contributed by atoms with E-state index in [9.17, 15) is 9.90 Å². The Morgan fingerprint density at radius 3 is 2.63 bits per heavy atom. The van der Waals surface area contributed by atoms with Crippen LogP contribution >= 0.6 is 11.6 Å². The molecule has 98 valence electrons. The summed E-state index contributed by atoms with van der Waals surface area (Å²) < 4.78 is 0. The van der Waals surface area contributed by atoms with Crippen molar-refractivity contribution in [2.75, 3.05) is 5.32 Å². The second-order valence-corrected chi connectivity index (χ2v) is 4.74. The fourth-order valence-corrected chi connectivity index (χ4v) is 1.91. The van der Waals surface area contributed by atoms with Crippen molar-refractivity contribution in [1.29, 1.82) is 0 Å². The second kappa shape index (κ2) is 5.76. The van der Waals surface area contributed by atoms with Gasteiger partial charge < -0.3 is 10.4 Å². The van der Waals surface area contributed by atoms with Gasteiger partial charge in [0.25, 0.3) is 0 Å². The third-order valence-corrected chi connectivity index (χ3v) is 3.17. The molecule has 0 saturated carbocycles. The lowest BCUT2D eigenvalue weighted by atomic mass is 10.1. The van der Waals surface area contributed by atoms with Crippen molar-refractivity contribution >= 4 is 23.2 Å². The first-order chi connectivity index (χ1) is 9.06. The van der Waals surface area contributed by atoms with Crippen molar-refractivity contribution in [1.82, 2.24) is 0 Å². The lowest BCUT2D eigenvalue weighted by molar-refractivity contribution is -0.115. The number of phenolic OH excluding ortho intramolecular Hbond substituents is 1. The van der Waals surface area contributed by atoms with Gasteiger partial charge in [-0.25, -0.2) is 0 Å². The number of anilines is 1. The minimum Gasteiger partial charge on any atom is -0.506 e. The smallest absolute Gasteiger partial charge is 0.228 e. The fraction of sp³-hybridized carbons (Fsp3) is 0.133. The Morgan fingerprint density at radius 1 is 1.26 bits per heavy atom. The van der Waals surface area contributed by atoms with Crippen LogP contribution in [0.1, 0.15) is 11.1 Å². The molecule has 1 amide bonds. The molecule has 0 aromatic heterocycles. The summed E-state index contributed by atoms with van der Waals surface area (Å²) in [6, 6.07) is 12.5. The molecule has 0 heterocycles. The van der Waals surface area contributed by atoms with E-state index in [1.165, 1.54) is 6.07 Å². The Balaban J connectivity index is 2.09. The summed E-state index contributed by atoms with van der Waals surface area (Å²) >= 11 is 5.97. The van der Waals surface area contributed by atoms with Gasteiger partial charge >= 0.3 is 0 Å². The number of hydrogen-bond acceptors (Lipinski definition) is 2. The molecular weight excluding hydrogens is 262 g/mol. The summed E-state index contributed by atoms with van der Waals surface area (Å²) in [6.45, 7) is 1.79. The van der Waals surface area contributed by atoms with E-state index >= 15 is 0 Å². The van der Waals surface area contributed by atoms with Gasteiger partial charge in [-0.1, -0.05) is 41.9 Å². The van der Waals surface area contributed by atoms with Gasteiger partial charge in [0, 0.05) is 5.02 Å². The molecule has 0 radical (unpaired) electrons. The number of carbonyl (C=O) groups excluding carboxylic acids is 1. The molecule has 0 unspecified atom stereocenters. The SMILES string of the molecule is Cc1cc(O)c(NC(=O)Cc2ccccc2)cc1Cl. The minimum absolute atomic E-state index is 0.0170. The van der Waals surface area contributed by atoms with E-state index in [-0.39, 0.29) is 18.1 Å². The van der Waals surface area contributed by atoms with Gasteiger partial charge in [0.15, 0.2) is 0 Å². The van der Waals surface area contributed by atoms with Crippen LogP contribution in [-0.2, 0) is 11.2 Å². The van der Waals surface area contributed by atoms with Crippen LogP contribution in [-0.4, -0.2) is 11.0 Å². The molecule has 0 spiro atoms. The maximum atomic E-state index is 11.9. The maximum Gasteiger partial charge on any atom is 0.228 e. The first-order valence-electron chi connectivity index (χ1n) is 5.89. The monoisotopic (exact) mass is 275 g/mol. The van der Waals surface area contributed by atoms with E-state index in [1.807, 2.05) is 30.3 Å². The van der Waals surface area contributed by atoms with Crippen LogP contribution in [0, 0.1) is 6.92 Å². The highest BCUT2D eigenvalue weighted by molar-refractivity contribution is 6.31. The average molecular weight is 276 g/mol. The molecule has 2 N–H and O–H groups in total. The molecular formula is C15H14ClNO2. The van der Waals surface area contributed by atoms with E-state index in [0.717, 1.165) is 11.1 Å². The zero-order chi connectivity index (χ0) is 13.8. The number of benzene rings is 2. The number of rotatable bonds is 3. The molecule has 2 rings (SSSR count). The van der Waals surface area contributed by atoms with Crippen LogP contribution in [0.3, 0.4) is 0 Å². The molecule has 19 heavy (non-hydrogen) atoms. The lowest BCUT2D eigenvalue weighted by Gasteiger charge is -2.09. The Labute approximate surface area is 116 Å². The summed E-state index contributed by atoms with van der Waals surface area (Å²) in [5.41, 5.74) is 2.01. The minimum atomic E-state index is -0.193. The molecule has 4 heteroatoms. The topological polar surface area (TPSA) is 49.3 Å². The van der Waals surface area contributed by atoms with Crippen molar-refractivity contribution in [3.05, 3.63) is 58.6 Å². The van der Waals surface area contributed by atoms with Crippen molar-refractivity contribution in [3.8, 4) is 5.75 Å². The van der Waals surface area contributed by atoms with Gasteiger partial charge in [-0.2, -0.15) is 0 Å². The van der Waals surface area contributed by atoms with E-state index < -0.39 is 0 Å². The second-order valence-electron chi connectivity index (χ2n) is 4.33. The van der Waals surface area contributed by atoms with E-state index in [2.05, 4.69) is 5.32 Å². The third kappa shape index (κ3) is 3.48. The van der Waals surface area contributed by atoms with E-state index in [1.54, 1.807) is 13.0 Å². The van der Waals surface area contributed by atoms with Crippen LogP contribution in [0.15, 0.2) is 42.5 Å². The molecule has 0 aliphatic rings. The molecule has 0 atom stereocenters. The molecule has 0 aliphatic carbocycles. The number of hydrogen-bond donors (Lipinski definition) is 2. The Bertz CT molecular complexity index is 597. The van der Waals surface area contributed by atoms with Crippen LogP contribution in [0.4, 0.5) is 5.69 Å². The quantitative estimate of drug-likeness (QED) is 0.842. The summed E-state index contributed by atoms with van der Waals surface area (Å²) in [5.74, 6) is -0.176.